The van der Waals surface area contributed by atoms with Crippen LogP contribution in [0.25, 0.3) is 10.4 Å². The first kappa shape index (κ1) is 19.6. The van der Waals surface area contributed by atoms with E-state index in [-0.39, 0.29) is 29.2 Å². The second-order valence-corrected chi connectivity index (χ2v) is 8.16. The standard InChI is InChI=1S/C18H16F4N4O2S/c19-10-3-1-2-8(4-10)14-13(25-17(23)29-14)15(27)26-7-9-5-11(9)12(26)6-24-16(28)18(20,21)22/h1-4,9,11-12H,5-7H2,(H2,23,25)(H,24,28)/t9-,11?,12+/m0/s1. The van der Waals surface area contributed by atoms with Gasteiger partial charge in [0.25, 0.3) is 5.91 Å². The van der Waals surface area contributed by atoms with Crippen LogP contribution in [-0.2, 0) is 4.79 Å². The van der Waals surface area contributed by atoms with Crippen LogP contribution in [0.15, 0.2) is 24.3 Å². The Hall–Kier alpha value is -2.69. The SMILES string of the molecule is Nc1nc(C(=O)N2C[C@@H]3CC3[C@H]2CNC(=O)C(F)(F)F)c(-c2cccc(F)c2)s1. The first-order valence-electron chi connectivity index (χ1n) is 8.83. The largest absolute Gasteiger partial charge is 0.471 e. The number of likely N-dealkylation sites (tertiary alicyclic amines) is 1. The average Bonchev–Trinajstić information content (AvgIpc) is 3.16. The Balaban J connectivity index is 1.57. The monoisotopic (exact) mass is 428 g/mol. The minimum Gasteiger partial charge on any atom is -0.375 e. The molecule has 1 saturated carbocycles. The third-order valence-electron chi connectivity index (χ3n) is 5.23. The zero-order chi connectivity index (χ0) is 20.9. The average molecular weight is 428 g/mol. The van der Waals surface area contributed by atoms with Crippen molar-refractivity contribution in [3.63, 3.8) is 0 Å². The number of benzene rings is 1. The summed E-state index contributed by atoms with van der Waals surface area (Å²) in [6, 6.07) is 5.08. The van der Waals surface area contributed by atoms with Crippen LogP contribution in [0.4, 0.5) is 22.7 Å². The lowest BCUT2D eigenvalue weighted by Gasteiger charge is -2.27. The summed E-state index contributed by atoms with van der Waals surface area (Å²) >= 11 is 1.03. The Labute approximate surface area is 166 Å². The number of nitrogens with two attached hydrogens (primary N) is 1. The van der Waals surface area contributed by atoms with Crippen molar-refractivity contribution in [3.8, 4) is 10.4 Å². The van der Waals surface area contributed by atoms with E-state index < -0.39 is 29.8 Å². The van der Waals surface area contributed by atoms with Crippen molar-refractivity contribution in [1.29, 1.82) is 0 Å². The molecule has 2 aromatic rings. The van der Waals surface area contributed by atoms with Gasteiger partial charge in [0.2, 0.25) is 0 Å². The maximum Gasteiger partial charge on any atom is 0.471 e. The molecule has 2 aliphatic rings. The normalized spacial score (nSPS) is 23.0. The van der Waals surface area contributed by atoms with Crippen LogP contribution in [0.5, 0.6) is 0 Å². The lowest BCUT2D eigenvalue weighted by atomic mass is 10.1. The number of hydrogen-bond acceptors (Lipinski definition) is 5. The van der Waals surface area contributed by atoms with E-state index in [4.69, 9.17) is 5.73 Å². The van der Waals surface area contributed by atoms with Crippen LogP contribution >= 0.6 is 11.3 Å². The van der Waals surface area contributed by atoms with Crippen LogP contribution in [0, 0.1) is 17.7 Å². The highest BCUT2D eigenvalue weighted by molar-refractivity contribution is 7.19. The highest BCUT2D eigenvalue weighted by atomic mass is 32.1. The van der Waals surface area contributed by atoms with Gasteiger partial charge in [-0.15, -0.1) is 0 Å². The number of halogens is 4. The Kier molecular flexibility index (Phi) is 4.72. The second-order valence-electron chi connectivity index (χ2n) is 7.13. The van der Waals surface area contributed by atoms with Gasteiger partial charge in [0, 0.05) is 13.1 Å². The number of nitrogen functional groups attached to an aromatic ring is 1. The smallest absolute Gasteiger partial charge is 0.375 e. The number of anilines is 1. The Bertz CT molecular complexity index is 977. The van der Waals surface area contributed by atoms with Crippen LogP contribution in [0.3, 0.4) is 0 Å². The highest BCUT2D eigenvalue weighted by Crippen LogP contribution is 2.50. The van der Waals surface area contributed by atoms with Gasteiger partial charge in [0.05, 0.1) is 10.9 Å². The van der Waals surface area contributed by atoms with Gasteiger partial charge in [0.15, 0.2) is 5.13 Å². The quantitative estimate of drug-likeness (QED) is 0.733. The third-order valence-corrected chi connectivity index (χ3v) is 6.16. The van der Waals surface area contributed by atoms with Crippen molar-refractivity contribution in [1.82, 2.24) is 15.2 Å². The van der Waals surface area contributed by atoms with Crippen molar-refractivity contribution < 1.29 is 27.2 Å². The number of piperidine rings is 1. The highest BCUT2D eigenvalue weighted by Gasteiger charge is 2.54. The molecular weight excluding hydrogens is 412 g/mol. The molecule has 2 heterocycles. The molecule has 0 spiro atoms. The van der Waals surface area contributed by atoms with Crippen molar-refractivity contribution in [2.75, 3.05) is 18.8 Å². The molecule has 1 saturated heterocycles. The minimum atomic E-state index is -4.98. The maximum atomic E-state index is 13.6. The van der Waals surface area contributed by atoms with Crippen LogP contribution in [-0.4, -0.2) is 47.0 Å². The fourth-order valence-corrected chi connectivity index (χ4v) is 4.63. The summed E-state index contributed by atoms with van der Waals surface area (Å²) in [4.78, 5) is 30.2. The van der Waals surface area contributed by atoms with Gasteiger partial charge < -0.3 is 16.0 Å². The number of hydrogen-bond donors (Lipinski definition) is 2. The zero-order valence-electron chi connectivity index (χ0n) is 14.9. The summed E-state index contributed by atoms with van der Waals surface area (Å²) in [5.74, 6) is -2.77. The molecule has 2 fully saturated rings. The predicted molar refractivity (Wildman–Crippen MR) is 97.4 cm³/mol. The number of carbonyl (C=O) groups excluding carboxylic acids is 2. The summed E-state index contributed by atoms with van der Waals surface area (Å²) < 4.78 is 51.1. The van der Waals surface area contributed by atoms with Crippen molar-refractivity contribution in [2.24, 2.45) is 11.8 Å². The molecule has 154 valence electrons. The Morgan fingerprint density at radius 2 is 2.10 bits per heavy atom. The topological polar surface area (TPSA) is 88.3 Å². The predicted octanol–water partition coefficient (Wildman–Crippen LogP) is 2.67. The van der Waals surface area contributed by atoms with Gasteiger partial charge in [-0.2, -0.15) is 13.2 Å². The van der Waals surface area contributed by atoms with Gasteiger partial charge >= 0.3 is 12.1 Å². The molecule has 3 N–H and O–H groups in total. The fourth-order valence-electron chi connectivity index (χ4n) is 3.81. The van der Waals surface area contributed by atoms with E-state index in [2.05, 4.69) is 4.98 Å². The number of amides is 2. The number of thiazole rings is 1. The number of carbonyl (C=O) groups is 2. The molecule has 1 aromatic heterocycles. The number of nitrogens with one attached hydrogen (secondary N) is 1. The van der Waals surface area contributed by atoms with Crippen molar-refractivity contribution in [3.05, 3.63) is 35.8 Å². The molecule has 0 radical (unpaired) electrons. The summed E-state index contributed by atoms with van der Waals surface area (Å²) in [6.45, 7) is 0.0796. The molecule has 3 atom stereocenters. The lowest BCUT2D eigenvalue weighted by molar-refractivity contribution is -0.173. The number of rotatable bonds is 4. The Morgan fingerprint density at radius 1 is 1.34 bits per heavy atom. The molecule has 11 heteroatoms. The maximum absolute atomic E-state index is 13.6. The van der Waals surface area contributed by atoms with E-state index in [1.54, 1.807) is 6.07 Å². The Morgan fingerprint density at radius 3 is 2.79 bits per heavy atom. The first-order chi connectivity index (χ1) is 13.6. The van der Waals surface area contributed by atoms with E-state index in [1.807, 2.05) is 5.32 Å². The molecule has 6 nitrogen and oxygen atoms in total. The number of alkyl halides is 3. The van der Waals surface area contributed by atoms with E-state index >= 15 is 0 Å². The van der Waals surface area contributed by atoms with E-state index in [0.29, 0.717) is 17.0 Å². The summed E-state index contributed by atoms with van der Waals surface area (Å²) in [5.41, 5.74) is 6.24. The molecular formula is C18H16F4N4O2S. The number of aromatic nitrogens is 1. The molecule has 1 aromatic carbocycles. The minimum absolute atomic E-state index is 0.0338. The molecule has 1 aliphatic heterocycles. The molecule has 1 unspecified atom stereocenters. The lowest BCUT2D eigenvalue weighted by Crippen LogP contribution is -2.48. The summed E-state index contributed by atoms with van der Waals surface area (Å²) in [6.07, 6.45) is -4.18. The van der Waals surface area contributed by atoms with Gasteiger partial charge in [0.1, 0.15) is 11.5 Å². The molecule has 29 heavy (non-hydrogen) atoms. The van der Waals surface area contributed by atoms with E-state index in [1.165, 1.54) is 23.1 Å². The second kappa shape index (κ2) is 6.97. The van der Waals surface area contributed by atoms with Gasteiger partial charge in [-0.3, -0.25) is 9.59 Å². The van der Waals surface area contributed by atoms with E-state index in [0.717, 1.165) is 17.8 Å². The fraction of sp³-hybridized carbons (Fsp3) is 0.389. The van der Waals surface area contributed by atoms with Gasteiger partial charge in [-0.05, 0) is 36.0 Å². The number of fused-ring (bicyclic) bond motifs is 1. The van der Waals surface area contributed by atoms with Crippen LogP contribution < -0.4 is 11.1 Å². The van der Waals surface area contributed by atoms with E-state index in [9.17, 15) is 27.2 Å². The summed E-state index contributed by atoms with van der Waals surface area (Å²) in [7, 11) is 0. The van der Waals surface area contributed by atoms with Gasteiger partial charge in [-0.1, -0.05) is 23.5 Å². The van der Waals surface area contributed by atoms with Crippen molar-refractivity contribution in [2.45, 2.75) is 18.6 Å². The summed E-state index contributed by atoms with van der Waals surface area (Å²) in [5, 5.41) is 1.99. The number of nitrogens with zero attached hydrogens (tertiary/aromatic N) is 2. The van der Waals surface area contributed by atoms with Gasteiger partial charge in [-0.25, -0.2) is 9.37 Å². The zero-order valence-corrected chi connectivity index (χ0v) is 15.7. The van der Waals surface area contributed by atoms with Crippen LogP contribution in [0.1, 0.15) is 16.9 Å². The third kappa shape index (κ3) is 3.78. The molecule has 0 bridgehead atoms. The van der Waals surface area contributed by atoms with Crippen molar-refractivity contribution >= 4 is 28.3 Å². The molecule has 2 amide bonds. The molecule has 4 rings (SSSR count). The first-order valence-corrected chi connectivity index (χ1v) is 9.65. The molecule has 1 aliphatic carbocycles. The van der Waals surface area contributed by atoms with Crippen LogP contribution in [0.2, 0.25) is 0 Å².